The molecule has 9 heavy (non-hydrogen) atoms. The van der Waals surface area contributed by atoms with Crippen LogP contribution < -0.4 is 5.32 Å². The number of rotatable bonds is 4. The van der Waals surface area contributed by atoms with Crippen molar-refractivity contribution in [3.63, 3.8) is 0 Å². The summed E-state index contributed by atoms with van der Waals surface area (Å²) in [6, 6.07) is 0.794. The monoisotopic (exact) mass is 129 g/mol. The van der Waals surface area contributed by atoms with Gasteiger partial charge in [0.1, 0.15) is 6.29 Å². The number of aldehydes is 1. The molecule has 54 valence electrons. The topological polar surface area (TPSA) is 29.1 Å². The normalized spacial score (nSPS) is 13.8. The third kappa shape index (κ3) is 5.50. The molecule has 0 radical (unpaired) electrons. The van der Waals surface area contributed by atoms with Gasteiger partial charge in [0, 0.05) is 18.5 Å². The first-order valence-corrected chi connectivity index (χ1v) is 3.36. The lowest BCUT2D eigenvalue weighted by atomic mass is 10.2. The molecular weight excluding hydrogens is 114 g/mol. The third-order valence-corrected chi connectivity index (χ3v) is 1.07. The second-order valence-electron chi connectivity index (χ2n) is 2.62. The predicted octanol–water partition coefficient (Wildman–Crippen LogP) is 0.962. The number of hydrogen-bond donors (Lipinski definition) is 1. The first-order chi connectivity index (χ1) is 4.16. The molecule has 1 atom stereocenters. The van der Waals surface area contributed by atoms with Gasteiger partial charge in [-0.3, -0.25) is 0 Å². The summed E-state index contributed by atoms with van der Waals surface area (Å²) in [5.41, 5.74) is 0. The average Bonchev–Trinajstić information content (AvgIpc) is 1.63. The average molecular weight is 129 g/mol. The van der Waals surface area contributed by atoms with Gasteiger partial charge in [0.15, 0.2) is 0 Å². The van der Waals surface area contributed by atoms with Crippen LogP contribution in [0, 0.1) is 0 Å². The molecule has 0 fully saturated rings. The van der Waals surface area contributed by atoms with Crippen molar-refractivity contribution in [3.8, 4) is 0 Å². The third-order valence-electron chi connectivity index (χ3n) is 1.07. The van der Waals surface area contributed by atoms with Crippen LogP contribution in [0.3, 0.4) is 0 Å². The lowest BCUT2D eigenvalue weighted by Gasteiger charge is -2.13. The van der Waals surface area contributed by atoms with E-state index in [1.54, 1.807) is 0 Å². The lowest BCUT2D eigenvalue weighted by molar-refractivity contribution is -0.108. The summed E-state index contributed by atoms with van der Waals surface area (Å²) in [5, 5.41) is 3.21. The highest BCUT2D eigenvalue weighted by Gasteiger charge is 2.00. The molecule has 0 aromatic carbocycles. The first kappa shape index (κ1) is 8.63. The molecule has 0 bridgehead atoms. The molecule has 0 rings (SSSR count). The minimum Gasteiger partial charge on any atom is -0.312 e. The molecule has 0 saturated carbocycles. The zero-order valence-corrected chi connectivity index (χ0v) is 6.35. The first-order valence-electron chi connectivity index (χ1n) is 3.36. The van der Waals surface area contributed by atoms with Crippen LogP contribution in [0.2, 0.25) is 0 Å². The van der Waals surface area contributed by atoms with Crippen molar-refractivity contribution in [3.05, 3.63) is 0 Å². The van der Waals surface area contributed by atoms with Gasteiger partial charge in [-0.1, -0.05) is 13.8 Å². The molecule has 0 saturated heterocycles. The maximum atomic E-state index is 9.96. The molecule has 0 amide bonds. The van der Waals surface area contributed by atoms with Gasteiger partial charge in [-0.15, -0.1) is 0 Å². The van der Waals surface area contributed by atoms with E-state index in [0.717, 1.165) is 6.29 Å². The number of carbonyl (C=O) groups is 1. The molecule has 0 aliphatic carbocycles. The van der Waals surface area contributed by atoms with Crippen LogP contribution in [0.1, 0.15) is 27.2 Å². The molecule has 2 heteroatoms. The molecule has 2 nitrogen and oxygen atoms in total. The standard InChI is InChI=1S/C7H15NO/c1-6(2)8-7(3)4-5-9/h5-8H,4H2,1-3H3. The van der Waals surface area contributed by atoms with E-state index in [2.05, 4.69) is 19.2 Å². The summed E-state index contributed by atoms with van der Waals surface area (Å²) in [4.78, 5) is 9.96. The maximum Gasteiger partial charge on any atom is 0.121 e. The summed E-state index contributed by atoms with van der Waals surface area (Å²) in [6.45, 7) is 6.15. The van der Waals surface area contributed by atoms with Crippen molar-refractivity contribution in [2.75, 3.05) is 0 Å². The van der Waals surface area contributed by atoms with E-state index in [0.29, 0.717) is 18.5 Å². The fraction of sp³-hybridized carbons (Fsp3) is 0.857. The van der Waals surface area contributed by atoms with E-state index in [9.17, 15) is 4.79 Å². The van der Waals surface area contributed by atoms with Crippen molar-refractivity contribution in [1.82, 2.24) is 5.32 Å². The lowest BCUT2D eigenvalue weighted by Crippen LogP contribution is -2.32. The second-order valence-corrected chi connectivity index (χ2v) is 2.62. The van der Waals surface area contributed by atoms with Gasteiger partial charge in [-0.05, 0) is 6.92 Å². The van der Waals surface area contributed by atoms with E-state index in [1.807, 2.05) is 6.92 Å². The van der Waals surface area contributed by atoms with Crippen molar-refractivity contribution in [2.24, 2.45) is 0 Å². The van der Waals surface area contributed by atoms with E-state index < -0.39 is 0 Å². The van der Waals surface area contributed by atoms with Crippen LogP contribution in [0.15, 0.2) is 0 Å². The molecule has 0 spiro atoms. The van der Waals surface area contributed by atoms with E-state index >= 15 is 0 Å². The molecule has 0 aromatic rings. The van der Waals surface area contributed by atoms with Crippen LogP contribution >= 0.6 is 0 Å². The Morgan fingerprint density at radius 1 is 1.44 bits per heavy atom. The highest BCUT2D eigenvalue weighted by atomic mass is 16.1. The highest BCUT2D eigenvalue weighted by molar-refractivity contribution is 5.50. The van der Waals surface area contributed by atoms with Gasteiger partial charge in [-0.2, -0.15) is 0 Å². The number of nitrogens with one attached hydrogen (secondary N) is 1. The van der Waals surface area contributed by atoms with Crippen molar-refractivity contribution >= 4 is 6.29 Å². The smallest absolute Gasteiger partial charge is 0.121 e. The Labute approximate surface area is 56.6 Å². The Hall–Kier alpha value is -0.370. The SMILES string of the molecule is CC(C)NC(C)CC=O. The van der Waals surface area contributed by atoms with Crippen LogP contribution in [0.4, 0.5) is 0 Å². The summed E-state index contributed by atoms with van der Waals surface area (Å²) in [7, 11) is 0. The molecule has 0 aliphatic rings. The van der Waals surface area contributed by atoms with Crippen LogP contribution in [0.5, 0.6) is 0 Å². The Bertz CT molecular complexity index is 81.0. The molecule has 1 unspecified atom stereocenters. The van der Waals surface area contributed by atoms with E-state index in [4.69, 9.17) is 0 Å². The molecule has 0 heterocycles. The van der Waals surface area contributed by atoms with Gasteiger partial charge < -0.3 is 10.1 Å². The van der Waals surface area contributed by atoms with E-state index in [-0.39, 0.29) is 0 Å². The highest BCUT2D eigenvalue weighted by Crippen LogP contribution is 1.88. The summed E-state index contributed by atoms with van der Waals surface area (Å²) in [5.74, 6) is 0. The zero-order chi connectivity index (χ0) is 7.28. The second kappa shape index (κ2) is 4.50. The summed E-state index contributed by atoms with van der Waals surface area (Å²) < 4.78 is 0. The quantitative estimate of drug-likeness (QED) is 0.573. The Morgan fingerprint density at radius 2 is 2.00 bits per heavy atom. The van der Waals surface area contributed by atoms with E-state index in [1.165, 1.54) is 0 Å². The van der Waals surface area contributed by atoms with Gasteiger partial charge >= 0.3 is 0 Å². The van der Waals surface area contributed by atoms with Gasteiger partial charge in [0.2, 0.25) is 0 Å². The van der Waals surface area contributed by atoms with Crippen molar-refractivity contribution in [1.29, 1.82) is 0 Å². The van der Waals surface area contributed by atoms with Gasteiger partial charge in [0.05, 0.1) is 0 Å². The fourth-order valence-corrected chi connectivity index (χ4v) is 0.781. The number of carbonyl (C=O) groups excluding carboxylic acids is 1. The summed E-state index contributed by atoms with van der Waals surface area (Å²) in [6.07, 6.45) is 1.55. The maximum absolute atomic E-state index is 9.96. The minimum atomic E-state index is 0.322. The number of hydrogen-bond acceptors (Lipinski definition) is 2. The Balaban J connectivity index is 3.25. The van der Waals surface area contributed by atoms with Crippen LogP contribution in [-0.4, -0.2) is 18.4 Å². The van der Waals surface area contributed by atoms with Crippen molar-refractivity contribution in [2.45, 2.75) is 39.3 Å². The van der Waals surface area contributed by atoms with Crippen LogP contribution in [0.25, 0.3) is 0 Å². The minimum absolute atomic E-state index is 0.322. The largest absolute Gasteiger partial charge is 0.312 e. The van der Waals surface area contributed by atoms with Crippen molar-refractivity contribution < 1.29 is 4.79 Å². The molecule has 1 N–H and O–H groups in total. The molecular formula is C7H15NO. The predicted molar refractivity (Wildman–Crippen MR) is 38.4 cm³/mol. The van der Waals surface area contributed by atoms with Crippen LogP contribution in [-0.2, 0) is 4.79 Å². The van der Waals surface area contributed by atoms with Gasteiger partial charge in [-0.25, -0.2) is 0 Å². The van der Waals surface area contributed by atoms with Gasteiger partial charge in [0.25, 0.3) is 0 Å². The molecule has 0 aromatic heterocycles. The zero-order valence-electron chi connectivity index (χ0n) is 6.35. The Kier molecular flexibility index (Phi) is 4.32. The summed E-state index contributed by atoms with van der Waals surface area (Å²) >= 11 is 0. The molecule has 0 aliphatic heterocycles. The Morgan fingerprint density at radius 3 is 2.33 bits per heavy atom. The fourth-order valence-electron chi connectivity index (χ4n) is 0.781.